The van der Waals surface area contributed by atoms with Gasteiger partial charge in [-0.3, -0.25) is 0 Å². The number of benzene rings is 5. The van der Waals surface area contributed by atoms with E-state index >= 15 is 0 Å². The highest BCUT2D eigenvalue weighted by molar-refractivity contribution is 9.13. The van der Waals surface area contributed by atoms with Crippen molar-refractivity contribution < 1.29 is 4.42 Å². The smallest absolute Gasteiger partial charge is 0.143 e. The van der Waals surface area contributed by atoms with E-state index < -0.39 is 0 Å². The van der Waals surface area contributed by atoms with Gasteiger partial charge in [-0.25, -0.2) is 0 Å². The number of fused-ring (bicyclic) bond motifs is 3. The predicted molar refractivity (Wildman–Crippen MR) is 194 cm³/mol. The summed E-state index contributed by atoms with van der Waals surface area (Å²) in [6.07, 6.45) is 0. The first-order chi connectivity index (χ1) is 20.3. The predicted octanol–water partition coefficient (Wildman–Crippen LogP) is 13.6. The summed E-state index contributed by atoms with van der Waals surface area (Å²) in [6, 6.07) is 34.6. The Morgan fingerprint density at radius 3 is 1.93 bits per heavy atom. The van der Waals surface area contributed by atoms with Gasteiger partial charge in [0, 0.05) is 31.0 Å². The van der Waals surface area contributed by atoms with E-state index in [1.807, 2.05) is 12.1 Å². The highest BCUT2D eigenvalue weighted by Gasteiger charge is 2.25. The average molecular weight is 760 g/mol. The molecule has 218 valence electrons. The summed E-state index contributed by atoms with van der Waals surface area (Å²) in [6.45, 7) is 13.5. The van der Waals surface area contributed by atoms with Gasteiger partial charge in [-0.1, -0.05) is 96.1 Å². The number of hydrogen-bond acceptors (Lipinski definition) is 2. The molecule has 1 aromatic heterocycles. The van der Waals surface area contributed by atoms with Crippen LogP contribution in [0.1, 0.15) is 52.7 Å². The van der Waals surface area contributed by atoms with Crippen molar-refractivity contribution in [3.05, 3.63) is 122 Å². The van der Waals surface area contributed by atoms with Crippen LogP contribution in [0.3, 0.4) is 0 Å². The molecule has 0 saturated heterocycles. The van der Waals surface area contributed by atoms with Gasteiger partial charge in [0.15, 0.2) is 0 Å². The normalized spacial score (nSPS) is 12.3. The maximum atomic E-state index is 6.36. The van der Waals surface area contributed by atoms with Crippen molar-refractivity contribution in [2.45, 2.75) is 52.4 Å². The number of halogens is 3. The first kappa shape index (κ1) is 30.2. The third-order valence-electron chi connectivity index (χ3n) is 8.01. The second-order valence-electron chi connectivity index (χ2n) is 13.1. The Labute approximate surface area is 279 Å². The van der Waals surface area contributed by atoms with E-state index in [9.17, 15) is 0 Å². The van der Waals surface area contributed by atoms with E-state index in [1.54, 1.807) is 0 Å². The lowest BCUT2D eigenvalue weighted by molar-refractivity contribution is 0.589. The first-order valence-corrected chi connectivity index (χ1v) is 16.8. The molecule has 0 radical (unpaired) electrons. The van der Waals surface area contributed by atoms with Crippen molar-refractivity contribution in [1.82, 2.24) is 0 Å². The van der Waals surface area contributed by atoms with Gasteiger partial charge in [-0.2, -0.15) is 0 Å². The Morgan fingerprint density at radius 1 is 0.581 bits per heavy atom. The van der Waals surface area contributed by atoms with Crippen molar-refractivity contribution in [1.29, 1.82) is 0 Å². The third-order valence-corrected chi connectivity index (χ3v) is 10.7. The highest BCUT2D eigenvalue weighted by Crippen LogP contribution is 2.47. The number of anilines is 3. The number of furan rings is 1. The molecule has 2 nitrogen and oxygen atoms in total. The SMILES string of the molecule is CC(C)(C)c1ccc(Br)c(N(c2ccc(-c3cccc4c3oc3ccccc34)cc2)c2cc(C(C)(C)C)cc(Br)c2Br)c1. The van der Waals surface area contributed by atoms with Gasteiger partial charge < -0.3 is 9.32 Å². The van der Waals surface area contributed by atoms with Crippen molar-refractivity contribution in [2.75, 3.05) is 4.90 Å². The van der Waals surface area contributed by atoms with Crippen LogP contribution in [0, 0.1) is 0 Å². The van der Waals surface area contributed by atoms with Gasteiger partial charge in [0.2, 0.25) is 0 Å². The summed E-state index contributed by atoms with van der Waals surface area (Å²) < 4.78 is 9.42. The minimum Gasteiger partial charge on any atom is -0.455 e. The summed E-state index contributed by atoms with van der Waals surface area (Å²) in [4.78, 5) is 2.34. The molecule has 0 aliphatic heterocycles. The number of nitrogens with zero attached hydrogens (tertiary/aromatic N) is 1. The lowest BCUT2D eigenvalue weighted by atomic mass is 9.86. The van der Waals surface area contributed by atoms with Crippen LogP contribution in [-0.4, -0.2) is 0 Å². The van der Waals surface area contributed by atoms with E-state index in [4.69, 9.17) is 4.42 Å². The molecule has 0 atom stereocenters. The minimum absolute atomic E-state index is 0.00131. The Bertz CT molecular complexity index is 1970. The maximum absolute atomic E-state index is 6.36. The van der Waals surface area contributed by atoms with Crippen LogP contribution in [0.5, 0.6) is 0 Å². The van der Waals surface area contributed by atoms with Crippen LogP contribution in [-0.2, 0) is 10.8 Å². The topological polar surface area (TPSA) is 16.4 Å². The fraction of sp³-hybridized carbons (Fsp3) is 0.211. The van der Waals surface area contributed by atoms with E-state index in [-0.39, 0.29) is 10.8 Å². The van der Waals surface area contributed by atoms with E-state index in [0.717, 1.165) is 63.5 Å². The third kappa shape index (κ3) is 5.72. The Morgan fingerprint density at radius 2 is 1.23 bits per heavy atom. The second kappa shape index (κ2) is 11.3. The molecule has 0 unspecified atom stereocenters. The molecule has 0 amide bonds. The van der Waals surface area contributed by atoms with Crippen LogP contribution in [0.4, 0.5) is 17.1 Å². The lowest BCUT2D eigenvalue weighted by Crippen LogP contribution is -2.17. The number of rotatable bonds is 4. The van der Waals surface area contributed by atoms with Gasteiger partial charge in [0.25, 0.3) is 0 Å². The van der Waals surface area contributed by atoms with Gasteiger partial charge in [-0.05, 0) is 118 Å². The molecule has 0 bridgehead atoms. The van der Waals surface area contributed by atoms with E-state index in [2.05, 4.69) is 179 Å². The van der Waals surface area contributed by atoms with Gasteiger partial charge in [-0.15, -0.1) is 0 Å². The monoisotopic (exact) mass is 757 g/mol. The van der Waals surface area contributed by atoms with Crippen molar-refractivity contribution >= 4 is 86.8 Å². The largest absolute Gasteiger partial charge is 0.455 e. The second-order valence-corrected chi connectivity index (χ2v) is 15.6. The van der Waals surface area contributed by atoms with Crippen LogP contribution >= 0.6 is 47.8 Å². The molecule has 0 aliphatic rings. The Kier molecular flexibility index (Phi) is 7.90. The molecule has 43 heavy (non-hydrogen) atoms. The maximum Gasteiger partial charge on any atom is 0.143 e. The van der Waals surface area contributed by atoms with Crippen molar-refractivity contribution in [3.63, 3.8) is 0 Å². The van der Waals surface area contributed by atoms with Crippen LogP contribution in [0.2, 0.25) is 0 Å². The zero-order valence-corrected chi connectivity index (χ0v) is 30.0. The minimum atomic E-state index is -0.0246. The molecule has 0 N–H and O–H groups in total. The summed E-state index contributed by atoms with van der Waals surface area (Å²) >= 11 is 11.7. The molecule has 0 saturated carbocycles. The standard InChI is InChI=1S/C38H34Br3NO/c1-37(2,3)24-16-19-30(39)32(21-24)42(33-22-25(38(4,5)6)20-31(40)35(33)41)26-17-14-23(15-18-26)27-11-9-12-29-28-10-7-8-13-34(28)43-36(27)29/h7-22H,1-6H3. The molecule has 5 heteroatoms. The summed E-state index contributed by atoms with van der Waals surface area (Å²) in [5, 5.41) is 2.27. The first-order valence-electron chi connectivity index (χ1n) is 14.4. The van der Waals surface area contributed by atoms with Crippen LogP contribution in [0.15, 0.2) is 115 Å². The summed E-state index contributed by atoms with van der Waals surface area (Å²) in [5.74, 6) is 0. The molecule has 6 rings (SSSR count). The average Bonchev–Trinajstić information content (AvgIpc) is 3.34. The van der Waals surface area contributed by atoms with Crippen LogP contribution in [0.25, 0.3) is 33.1 Å². The molecule has 0 aliphatic carbocycles. The number of hydrogen-bond donors (Lipinski definition) is 0. The highest BCUT2D eigenvalue weighted by atomic mass is 79.9. The van der Waals surface area contributed by atoms with E-state index in [1.165, 1.54) is 11.1 Å². The van der Waals surface area contributed by atoms with Crippen LogP contribution < -0.4 is 4.90 Å². The van der Waals surface area contributed by atoms with Gasteiger partial charge in [0.1, 0.15) is 11.2 Å². The zero-order valence-electron chi connectivity index (χ0n) is 25.2. The Balaban J connectivity index is 1.55. The number of para-hydroxylation sites is 2. The molecule has 1 heterocycles. The van der Waals surface area contributed by atoms with Crippen molar-refractivity contribution in [2.24, 2.45) is 0 Å². The Hall–Kier alpha value is -2.86. The fourth-order valence-corrected chi connectivity index (χ4v) is 6.77. The summed E-state index contributed by atoms with van der Waals surface area (Å²) in [7, 11) is 0. The molecular weight excluding hydrogens is 726 g/mol. The van der Waals surface area contributed by atoms with Gasteiger partial charge >= 0.3 is 0 Å². The quantitative estimate of drug-likeness (QED) is 0.178. The van der Waals surface area contributed by atoms with E-state index in [0.29, 0.717) is 0 Å². The molecule has 6 aromatic rings. The molecule has 5 aromatic carbocycles. The molecule has 0 fully saturated rings. The van der Waals surface area contributed by atoms with Crippen molar-refractivity contribution in [3.8, 4) is 11.1 Å². The molecule has 0 spiro atoms. The zero-order chi connectivity index (χ0) is 30.7. The summed E-state index contributed by atoms with van der Waals surface area (Å²) in [5.41, 5.74) is 9.72. The molecular formula is C38H34Br3NO. The fourth-order valence-electron chi connectivity index (χ4n) is 5.49. The lowest BCUT2D eigenvalue weighted by Gasteiger charge is -2.31. The van der Waals surface area contributed by atoms with Gasteiger partial charge in [0.05, 0.1) is 15.8 Å².